The van der Waals surface area contributed by atoms with Gasteiger partial charge < -0.3 is 0 Å². The number of allylic oxidation sites excluding steroid dienone is 4. The smallest absolute Gasteiger partial charge is 0.0159 e. The van der Waals surface area contributed by atoms with Crippen LogP contribution in [0.3, 0.4) is 0 Å². The van der Waals surface area contributed by atoms with E-state index >= 15 is 0 Å². The van der Waals surface area contributed by atoms with Crippen LogP contribution < -0.4 is 0 Å². The Morgan fingerprint density at radius 3 is 2.24 bits per heavy atom. The van der Waals surface area contributed by atoms with Crippen LogP contribution in [0.15, 0.2) is 103 Å². The van der Waals surface area contributed by atoms with E-state index in [-0.39, 0.29) is 10.8 Å². The lowest BCUT2D eigenvalue weighted by Crippen LogP contribution is -2.15. The minimum atomic E-state index is 0.0150. The third-order valence-corrected chi connectivity index (χ3v) is 9.13. The summed E-state index contributed by atoms with van der Waals surface area (Å²) < 4.78 is 0. The fourth-order valence-corrected chi connectivity index (χ4v) is 6.96. The Kier molecular flexibility index (Phi) is 4.92. The van der Waals surface area contributed by atoms with E-state index in [4.69, 9.17) is 0 Å². The molecule has 0 nitrogen and oxygen atoms in total. The standard InChI is InChI=1S/C38H34/c1-24(30-20-28-17-16-26-12-9-13-32-35(26)36(28)34(22-30)38(32,4)5)14-15-29-23-37(2,3)33-21-27(18-19-31(29)33)25-10-7-6-8-11-25/h6-22H,23H2,1-5H3/b24-14+,29-15+. The fraction of sp³-hybridized carbons (Fsp3) is 0.211. The van der Waals surface area contributed by atoms with Crippen LogP contribution in [0.2, 0.25) is 0 Å². The molecule has 0 amide bonds. The van der Waals surface area contributed by atoms with Gasteiger partial charge in [0.15, 0.2) is 0 Å². The second-order valence-electron chi connectivity index (χ2n) is 12.4. The second kappa shape index (κ2) is 8.05. The normalized spacial score (nSPS) is 18.1. The van der Waals surface area contributed by atoms with Gasteiger partial charge in [-0.25, -0.2) is 0 Å². The average Bonchev–Trinajstić information content (AvgIpc) is 3.33. The largest absolute Gasteiger partial charge is 0.0622 e. The van der Waals surface area contributed by atoms with E-state index in [1.807, 2.05) is 0 Å². The third kappa shape index (κ3) is 3.36. The van der Waals surface area contributed by atoms with Crippen LogP contribution in [0.4, 0.5) is 0 Å². The van der Waals surface area contributed by atoms with Crippen molar-refractivity contribution in [2.45, 2.75) is 51.9 Å². The quantitative estimate of drug-likeness (QED) is 0.221. The topological polar surface area (TPSA) is 0 Å². The predicted octanol–water partition coefficient (Wildman–Crippen LogP) is 10.5. The molecule has 5 aromatic rings. The Balaban J connectivity index is 1.29. The summed E-state index contributed by atoms with van der Waals surface area (Å²) in [6, 6.07) is 34.0. The highest BCUT2D eigenvalue weighted by molar-refractivity contribution is 6.15. The van der Waals surface area contributed by atoms with Crippen LogP contribution in [0.25, 0.3) is 43.8 Å². The van der Waals surface area contributed by atoms with Gasteiger partial charge in [-0.05, 0) is 109 Å². The molecule has 0 saturated heterocycles. The summed E-state index contributed by atoms with van der Waals surface area (Å²) in [6.45, 7) is 11.8. The highest BCUT2D eigenvalue weighted by atomic mass is 14.4. The molecule has 0 fully saturated rings. The van der Waals surface area contributed by atoms with Gasteiger partial charge in [0.1, 0.15) is 0 Å². The van der Waals surface area contributed by atoms with Crippen molar-refractivity contribution in [3.8, 4) is 11.1 Å². The van der Waals surface area contributed by atoms with Gasteiger partial charge in [-0.2, -0.15) is 0 Å². The van der Waals surface area contributed by atoms with Crippen molar-refractivity contribution < 1.29 is 0 Å². The Hall–Kier alpha value is -3.90. The Labute approximate surface area is 226 Å². The molecule has 5 aromatic carbocycles. The van der Waals surface area contributed by atoms with Crippen molar-refractivity contribution in [3.63, 3.8) is 0 Å². The van der Waals surface area contributed by atoms with Crippen molar-refractivity contribution in [3.05, 3.63) is 131 Å². The lowest BCUT2D eigenvalue weighted by atomic mass is 9.81. The molecule has 0 radical (unpaired) electrons. The van der Waals surface area contributed by atoms with Crippen molar-refractivity contribution in [2.75, 3.05) is 0 Å². The minimum absolute atomic E-state index is 0.0150. The second-order valence-corrected chi connectivity index (χ2v) is 12.4. The maximum Gasteiger partial charge on any atom is 0.0159 e. The highest BCUT2D eigenvalue weighted by Gasteiger charge is 2.35. The molecule has 0 unspecified atom stereocenters. The SMILES string of the molecule is C/C(=C\C=C1/CC(C)(C)c2cc(-c3ccccc3)ccc21)c1cc2c3c(ccc4cccc(c43)C2(C)C)c1. The first kappa shape index (κ1) is 23.2. The third-order valence-electron chi connectivity index (χ3n) is 9.13. The van der Waals surface area contributed by atoms with Crippen LogP contribution in [0, 0.1) is 0 Å². The summed E-state index contributed by atoms with van der Waals surface area (Å²) in [6.07, 6.45) is 5.78. The zero-order valence-electron chi connectivity index (χ0n) is 23.0. The first-order valence-electron chi connectivity index (χ1n) is 13.8. The number of benzene rings is 5. The zero-order chi connectivity index (χ0) is 26.2. The van der Waals surface area contributed by atoms with Crippen molar-refractivity contribution in [1.82, 2.24) is 0 Å². The maximum atomic E-state index is 2.45. The lowest BCUT2D eigenvalue weighted by molar-refractivity contribution is 0.563. The van der Waals surface area contributed by atoms with E-state index in [1.165, 1.54) is 71.6 Å². The fourth-order valence-electron chi connectivity index (χ4n) is 6.96. The average molecular weight is 491 g/mol. The molecule has 2 aliphatic carbocycles. The summed E-state index contributed by atoms with van der Waals surface area (Å²) in [7, 11) is 0. The van der Waals surface area contributed by atoms with Gasteiger partial charge in [-0.3, -0.25) is 0 Å². The predicted molar refractivity (Wildman–Crippen MR) is 165 cm³/mol. The minimum Gasteiger partial charge on any atom is -0.0622 e. The molecular weight excluding hydrogens is 456 g/mol. The van der Waals surface area contributed by atoms with E-state index in [0.29, 0.717) is 0 Å². The van der Waals surface area contributed by atoms with Crippen LogP contribution in [-0.2, 0) is 10.8 Å². The molecule has 0 N–H and O–H groups in total. The molecule has 0 heteroatoms. The summed E-state index contributed by atoms with van der Waals surface area (Å²) in [5.74, 6) is 0. The molecule has 0 heterocycles. The van der Waals surface area contributed by atoms with E-state index in [2.05, 4.69) is 138 Å². The molecular formula is C38H34. The molecule has 0 aliphatic heterocycles. The zero-order valence-corrected chi connectivity index (χ0v) is 23.0. The van der Waals surface area contributed by atoms with E-state index in [0.717, 1.165) is 6.42 Å². The molecule has 0 spiro atoms. The molecule has 186 valence electrons. The Morgan fingerprint density at radius 1 is 0.658 bits per heavy atom. The first-order chi connectivity index (χ1) is 18.2. The van der Waals surface area contributed by atoms with Crippen molar-refractivity contribution >= 4 is 32.7 Å². The van der Waals surface area contributed by atoms with Gasteiger partial charge in [-0.15, -0.1) is 0 Å². The molecule has 0 saturated carbocycles. The van der Waals surface area contributed by atoms with Crippen molar-refractivity contribution in [2.24, 2.45) is 0 Å². The Bertz CT molecular complexity index is 1820. The van der Waals surface area contributed by atoms with E-state index in [1.54, 1.807) is 0 Å². The summed E-state index contributed by atoms with van der Waals surface area (Å²) in [5.41, 5.74) is 12.6. The molecule has 0 atom stereocenters. The Morgan fingerprint density at radius 2 is 1.42 bits per heavy atom. The first-order valence-corrected chi connectivity index (χ1v) is 13.8. The number of hydrogen-bond donors (Lipinski definition) is 0. The number of fused-ring (bicyclic) bond motifs is 1. The van der Waals surface area contributed by atoms with Gasteiger partial charge in [0.25, 0.3) is 0 Å². The number of hydrogen-bond acceptors (Lipinski definition) is 0. The van der Waals surface area contributed by atoms with E-state index in [9.17, 15) is 0 Å². The van der Waals surface area contributed by atoms with Gasteiger partial charge >= 0.3 is 0 Å². The van der Waals surface area contributed by atoms with Gasteiger partial charge in [0, 0.05) is 5.41 Å². The van der Waals surface area contributed by atoms with E-state index < -0.39 is 0 Å². The summed E-state index contributed by atoms with van der Waals surface area (Å²) >= 11 is 0. The molecule has 0 aromatic heterocycles. The molecule has 7 rings (SSSR count). The maximum absolute atomic E-state index is 2.45. The molecule has 0 bridgehead atoms. The molecule has 2 aliphatic rings. The highest BCUT2D eigenvalue weighted by Crippen LogP contribution is 2.50. The summed E-state index contributed by atoms with van der Waals surface area (Å²) in [5, 5.41) is 5.59. The van der Waals surface area contributed by atoms with Crippen LogP contribution >= 0.6 is 0 Å². The van der Waals surface area contributed by atoms with Gasteiger partial charge in [0.2, 0.25) is 0 Å². The summed E-state index contributed by atoms with van der Waals surface area (Å²) in [4.78, 5) is 0. The molecule has 38 heavy (non-hydrogen) atoms. The van der Waals surface area contributed by atoms with Crippen molar-refractivity contribution in [1.29, 1.82) is 0 Å². The van der Waals surface area contributed by atoms with Gasteiger partial charge in [0.05, 0.1) is 0 Å². The lowest BCUT2D eigenvalue weighted by Gasteiger charge is -2.22. The van der Waals surface area contributed by atoms with Gasteiger partial charge in [-0.1, -0.05) is 113 Å². The van der Waals surface area contributed by atoms with Crippen LogP contribution in [0.1, 0.15) is 68.9 Å². The monoisotopic (exact) mass is 490 g/mol. The number of rotatable bonds is 3. The van der Waals surface area contributed by atoms with Crippen LogP contribution in [-0.4, -0.2) is 0 Å². The van der Waals surface area contributed by atoms with Crippen LogP contribution in [0.5, 0.6) is 0 Å².